The predicted octanol–water partition coefficient (Wildman–Crippen LogP) is 4.49. The van der Waals surface area contributed by atoms with Gasteiger partial charge < -0.3 is 10.1 Å². The van der Waals surface area contributed by atoms with Crippen LogP contribution in [0.2, 0.25) is 10.0 Å². The van der Waals surface area contributed by atoms with Crippen LogP contribution in [0.3, 0.4) is 0 Å². The van der Waals surface area contributed by atoms with E-state index in [1.807, 2.05) is 18.2 Å². The number of halogens is 2. The molecule has 20 heavy (non-hydrogen) atoms. The second kappa shape index (κ2) is 6.51. The van der Waals surface area contributed by atoms with E-state index in [0.29, 0.717) is 27.9 Å². The first-order valence-electron chi connectivity index (χ1n) is 5.90. The van der Waals surface area contributed by atoms with E-state index >= 15 is 0 Å². The molecule has 0 saturated heterocycles. The first-order valence-corrected chi connectivity index (χ1v) is 6.65. The summed E-state index contributed by atoms with van der Waals surface area (Å²) < 4.78 is 5.10. The summed E-state index contributed by atoms with van der Waals surface area (Å²) in [5, 5.41) is 13.2. The minimum atomic E-state index is 0.554. The minimum Gasteiger partial charge on any atom is -0.495 e. The standard InChI is InChI=1S/C15H12Cl2N2O/c1-20-15-5-3-11(6-13(15)17)9-19-14-7-10(8-18)2-4-12(14)16/h2-7,19H,9H2,1H3. The van der Waals surface area contributed by atoms with Crippen LogP contribution in [0.15, 0.2) is 36.4 Å². The van der Waals surface area contributed by atoms with Crippen molar-refractivity contribution in [2.45, 2.75) is 6.54 Å². The predicted molar refractivity (Wildman–Crippen MR) is 81.5 cm³/mol. The first kappa shape index (κ1) is 14.5. The number of ether oxygens (including phenoxy) is 1. The topological polar surface area (TPSA) is 45.0 Å². The zero-order valence-corrected chi connectivity index (χ0v) is 12.3. The van der Waals surface area contributed by atoms with Gasteiger partial charge in [0.05, 0.1) is 34.5 Å². The highest BCUT2D eigenvalue weighted by Gasteiger charge is 2.04. The molecule has 0 fully saturated rings. The van der Waals surface area contributed by atoms with Crippen molar-refractivity contribution in [2.75, 3.05) is 12.4 Å². The van der Waals surface area contributed by atoms with Crippen LogP contribution >= 0.6 is 23.2 Å². The molecule has 0 spiro atoms. The third kappa shape index (κ3) is 3.36. The van der Waals surface area contributed by atoms with Crippen molar-refractivity contribution in [1.29, 1.82) is 5.26 Å². The largest absolute Gasteiger partial charge is 0.495 e. The highest BCUT2D eigenvalue weighted by atomic mass is 35.5. The molecule has 0 bridgehead atoms. The summed E-state index contributed by atoms with van der Waals surface area (Å²) in [6, 6.07) is 12.7. The number of benzene rings is 2. The summed E-state index contributed by atoms with van der Waals surface area (Å²) in [4.78, 5) is 0. The minimum absolute atomic E-state index is 0.554. The van der Waals surface area contributed by atoms with Gasteiger partial charge in [0.25, 0.3) is 0 Å². The Balaban J connectivity index is 2.13. The van der Waals surface area contributed by atoms with E-state index < -0.39 is 0 Å². The number of nitrogens with zero attached hydrogens (tertiary/aromatic N) is 1. The van der Waals surface area contributed by atoms with Crippen LogP contribution < -0.4 is 10.1 Å². The lowest BCUT2D eigenvalue weighted by molar-refractivity contribution is 0.415. The molecule has 5 heteroatoms. The average Bonchev–Trinajstić information content (AvgIpc) is 2.46. The highest BCUT2D eigenvalue weighted by Crippen LogP contribution is 2.27. The van der Waals surface area contributed by atoms with Crippen molar-refractivity contribution < 1.29 is 4.74 Å². The van der Waals surface area contributed by atoms with Crippen molar-refractivity contribution in [3.8, 4) is 11.8 Å². The molecular formula is C15H12Cl2N2O. The lowest BCUT2D eigenvalue weighted by Crippen LogP contribution is -2.00. The number of methoxy groups -OCH3 is 1. The van der Waals surface area contributed by atoms with Gasteiger partial charge in [0.15, 0.2) is 0 Å². The number of nitriles is 1. The van der Waals surface area contributed by atoms with Crippen LogP contribution in [0.4, 0.5) is 5.69 Å². The van der Waals surface area contributed by atoms with Crippen molar-refractivity contribution >= 4 is 28.9 Å². The van der Waals surface area contributed by atoms with Crippen LogP contribution in [-0.2, 0) is 6.54 Å². The molecule has 102 valence electrons. The van der Waals surface area contributed by atoms with Gasteiger partial charge in [-0.25, -0.2) is 0 Å². The molecule has 0 amide bonds. The molecule has 0 unspecified atom stereocenters. The Morgan fingerprint density at radius 1 is 1.15 bits per heavy atom. The van der Waals surface area contributed by atoms with E-state index in [1.54, 1.807) is 25.3 Å². The fraction of sp³-hybridized carbons (Fsp3) is 0.133. The van der Waals surface area contributed by atoms with E-state index in [1.165, 1.54) is 0 Å². The molecule has 2 aromatic carbocycles. The van der Waals surface area contributed by atoms with Gasteiger partial charge in [-0.3, -0.25) is 0 Å². The Morgan fingerprint density at radius 2 is 1.95 bits per heavy atom. The van der Waals surface area contributed by atoms with E-state index in [9.17, 15) is 0 Å². The molecule has 0 radical (unpaired) electrons. The molecule has 0 saturated carbocycles. The van der Waals surface area contributed by atoms with Gasteiger partial charge in [-0.15, -0.1) is 0 Å². The van der Waals surface area contributed by atoms with E-state index in [0.717, 1.165) is 11.3 Å². The van der Waals surface area contributed by atoms with Crippen LogP contribution in [0.1, 0.15) is 11.1 Å². The molecule has 0 aliphatic carbocycles. The molecule has 3 nitrogen and oxygen atoms in total. The van der Waals surface area contributed by atoms with Crippen LogP contribution in [0.5, 0.6) is 5.75 Å². The number of hydrogen-bond acceptors (Lipinski definition) is 3. The highest BCUT2D eigenvalue weighted by molar-refractivity contribution is 6.33. The number of nitrogens with one attached hydrogen (secondary N) is 1. The zero-order valence-electron chi connectivity index (χ0n) is 10.8. The SMILES string of the molecule is COc1ccc(CNc2cc(C#N)ccc2Cl)cc1Cl. The second-order valence-electron chi connectivity index (χ2n) is 4.13. The summed E-state index contributed by atoms with van der Waals surface area (Å²) in [6.45, 7) is 0.554. The maximum absolute atomic E-state index is 8.88. The number of anilines is 1. The first-order chi connectivity index (χ1) is 9.63. The average molecular weight is 307 g/mol. The normalized spacial score (nSPS) is 9.90. The van der Waals surface area contributed by atoms with Gasteiger partial charge in [-0.1, -0.05) is 29.3 Å². The van der Waals surface area contributed by atoms with Crippen molar-refractivity contribution in [1.82, 2.24) is 0 Å². The van der Waals surface area contributed by atoms with E-state index in [2.05, 4.69) is 11.4 Å². The molecule has 2 aromatic rings. The van der Waals surface area contributed by atoms with Gasteiger partial charge in [0.2, 0.25) is 0 Å². The summed E-state index contributed by atoms with van der Waals surface area (Å²) in [5.41, 5.74) is 2.27. The summed E-state index contributed by atoms with van der Waals surface area (Å²) in [7, 11) is 1.58. The molecule has 0 aromatic heterocycles. The number of rotatable bonds is 4. The number of hydrogen-bond donors (Lipinski definition) is 1. The molecule has 1 N–H and O–H groups in total. The second-order valence-corrected chi connectivity index (χ2v) is 4.94. The smallest absolute Gasteiger partial charge is 0.137 e. The summed E-state index contributed by atoms with van der Waals surface area (Å²) in [6.07, 6.45) is 0. The third-order valence-corrected chi connectivity index (χ3v) is 3.42. The fourth-order valence-electron chi connectivity index (χ4n) is 1.75. The zero-order chi connectivity index (χ0) is 14.5. The Bertz CT molecular complexity index is 665. The van der Waals surface area contributed by atoms with E-state index in [-0.39, 0.29) is 0 Å². The Morgan fingerprint density at radius 3 is 2.60 bits per heavy atom. The molecule has 0 aliphatic heterocycles. The quantitative estimate of drug-likeness (QED) is 0.905. The summed E-state index contributed by atoms with van der Waals surface area (Å²) in [5.74, 6) is 0.639. The Labute approximate surface area is 127 Å². The van der Waals surface area contributed by atoms with Gasteiger partial charge in [0, 0.05) is 6.54 Å². The van der Waals surface area contributed by atoms with Gasteiger partial charge >= 0.3 is 0 Å². The van der Waals surface area contributed by atoms with Crippen molar-refractivity contribution in [2.24, 2.45) is 0 Å². The summed E-state index contributed by atoms with van der Waals surface area (Å²) >= 11 is 12.1. The van der Waals surface area contributed by atoms with Crippen LogP contribution in [0.25, 0.3) is 0 Å². The molecule has 0 aliphatic rings. The monoisotopic (exact) mass is 306 g/mol. The lowest BCUT2D eigenvalue weighted by Gasteiger charge is -2.10. The molecule has 0 atom stereocenters. The van der Waals surface area contributed by atoms with Gasteiger partial charge in [-0.2, -0.15) is 5.26 Å². The maximum atomic E-state index is 8.88. The Hall–Kier alpha value is -1.89. The van der Waals surface area contributed by atoms with Gasteiger partial charge in [0.1, 0.15) is 5.75 Å². The molecular weight excluding hydrogens is 295 g/mol. The van der Waals surface area contributed by atoms with Crippen molar-refractivity contribution in [3.05, 3.63) is 57.6 Å². The van der Waals surface area contributed by atoms with Crippen LogP contribution in [-0.4, -0.2) is 7.11 Å². The maximum Gasteiger partial charge on any atom is 0.137 e. The fourth-order valence-corrected chi connectivity index (χ4v) is 2.21. The van der Waals surface area contributed by atoms with Gasteiger partial charge in [-0.05, 0) is 35.9 Å². The molecule has 2 rings (SSSR count). The lowest BCUT2D eigenvalue weighted by atomic mass is 10.2. The van der Waals surface area contributed by atoms with Crippen LogP contribution in [0, 0.1) is 11.3 Å². The molecule has 0 heterocycles. The third-order valence-electron chi connectivity index (χ3n) is 2.79. The van der Waals surface area contributed by atoms with E-state index in [4.69, 9.17) is 33.2 Å². The Kier molecular flexibility index (Phi) is 4.73. The van der Waals surface area contributed by atoms with Crippen molar-refractivity contribution in [3.63, 3.8) is 0 Å².